The summed E-state index contributed by atoms with van der Waals surface area (Å²) in [4.78, 5) is 84.6. The van der Waals surface area contributed by atoms with Gasteiger partial charge in [-0.05, 0) is 164 Å². The molecule has 41 heteroatoms. The van der Waals surface area contributed by atoms with Crippen molar-refractivity contribution in [2.75, 3.05) is 0 Å². The Morgan fingerprint density at radius 2 is 0.940 bits per heavy atom. The summed E-state index contributed by atoms with van der Waals surface area (Å²) in [6, 6.07) is 56.7. The van der Waals surface area contributed by atoms with Crippen molar-refractivity contribution in [1.29, 1.82) is 0 Å². The van der Waals surface area contributed by atoms with Crippen LogP contribution in [0.3, 0.4) is 0 Å². The fraction of sp³-hybridized carbons (Fsp3) is 0.161. The second-order valence-corrected chi connectivity index (χ2v) is 28.8. The third kappa shape index (κ3) is 32.1. The molecule has 0 atom stereocenters. The van der Waals surface area contributed by atoms with E-state index in [1.807, 2.05) is 120 Å². The maximum absolute atomic E-state index is 12.0. The van der Waals surface area contributed by atoms with Gasteiger partial charge in [0.05, 0.1) is 44.1 Å². The van der Waals surface area contributed by atoms with Gasteiger partial charge in [0.2, 0.25) is 22.2 Å². The summed E-state index contributed by atoms with van der Waals surface area (Å²) in [6.07, 6.45) is 2.10. The molecule has 15 aromatic rings. The van der Waals surface area contributed by atoms with Gasteiger partial charge in [-0.1, -0.05) is 108 Å². The van der Waals surface area contributed by atoms with Gasteiger partial charge in [0.1, 0.15) is 47.8 Å². The molecule has 0 spiro atoms. The van der Waals surface area contributed by atoms with Crippen molar-refractivity contribution < 1.29 is 275 Å². The number of phenols is 3. The number of imidazole rings is 2. The Balaban J connectivity index is 0.000000509. The summed E-state index contributed by atoms with van der Waals surface area (Å²) in [5.74, 6) is -6.74. The Morgan fingerprint density at radius 3 is 1.43 bits per heavy atom. The minimum atomic E-state index is -4.94. The number of aromatic nitrogens is 8. The molecule has 134 heavy (non-hydrogen) atoms. The van der Waals surface area contributed by atoms with E-state index >= 15 is 0 Å². The second kappa shape index (κ2) is 54.5. The molecule has 9 aromatic carbocycles. The van der Waals surface area contributed by atoms with Gasteiger partial charge in [0.15, 0.2) is 52.5 Å². The number of aryl methyl sites for hydroxylation is 9. The second-order valence-electron chi connectivity index (χ2n) is 28.0. The van der Waals surface area contributed by atoms with Crippen LogP contribution in [-0.2, 0) is 34.2 Å². The van der Waals surface area contributed by atoms with E-state index in [1.54, 1.807) is 136 Å². The summed E-state index contributed by atoms with van der Waals surface area (Å²) in [5.41, 5.74) is 11.4. The maximum atomic E-state index is 12.0. The number of nitrogens with one attached hydrogen (secondary N) is 1. The van der Waals surface area contributed by atoms with Crippen LogP contribution in [-0.4, -0.2) is 122 Å². The van der Waals surface area contributed by atoms with Gasteiger partial charge in [-0.15, -0.1) is 21.7 Å². The minimum Gasteiger partial charge on any atom is -1.00 e. The largest absolute Gasteiger partial charge is 1.00 e. The number of para-hydroxylation sites is 6. The van der Waals surface area contributed by atoms with Crippen molar-refractivity contribution in [2.24, 2.45) is 0 Å². The molecule has 0 aliphatic rings. The number of hydrogen-bond donors (Lipinski definition) is 14. The number of pyridine rings is 4. The van der Waals surface area contributed by atoms with E-state index in [1.165, 1.54) is 47.3 Å². The first-order chi connectivity index (χ1) is 61.2. The van der Waals surface area contributed by atoms with E-state index < -0.39 is 63.3 Å². The van der Waals surface area contributed by atoms with E-state index in [2.05, 4.69) is 50.9 Å². The summed E-state index contributed by atoms with van der Waals surface area (Å²) in [6.45, 7) is 28.9. The van der Waals surface area contributed by atoms with Crippen molar-refractivity contribution in [2.45, 2.75) is 102 Å². The molecule has 36 nitrogen and oxygen atoms in total. The number of carbonyl (C=O) groups is 6. The van der Waals surface area contributed by atoms with Crippen LogP contribution in [0, 0.1) is 72.6 Å². The van der Waals surface area contributed by atoms with Gasteiger partial charge in [0, 0.05) is 55.8 Å². The van der Waals surface area contributed by atoms with Crippen LogP contribution in [0.5, 0.6) is 46.0 Å². The van der Waals surface area contributed by atoms with Crippen LogP contribution in [0.2, 0.25) is 0 Å². The number of aliphatic carboxylic acids is 1. The Kier molecular flexibility index (Phi) is 47.8. The number of phenolic OH excluding ortho intramolecular Hbond substituents is 2. The number of aromatic carboxylic acids is 5. The molecule has 6 heterocycles. The molecule has 0 aliphatic heterocycles. The zero-order valence-electron chi connectivity index (χ0n) is 74.6. The fourth-order valence-corrected chi connectivity index (χ4v) is 13.0. The molecule has 0 bridgehead atoms. The van der Waals surface area contributed by atoms with Gasteiger partial charge in [-0.2, -0.15) is 33.3 Å². The molecule has 14 N–H and O–H groups in total. The molecule has 0 saturated heterocycles. The van der Waals surface area contributed by atoms with Gasteiger partial charge in [-0.25, -0.2) is 52.6 Å². The number of halogens is 3. The smallest absolute Gasteiger partial charge is 1.00 e. The Morgan fingerprint density at radius 1 is 0.470 bits per heavy atom. The summed E-state index contributed by atoms with van der Waals surface area (Å²) < 4.78 is 42.8. The van der Waals surface area contributed by atoms with E-state index in [9.17, 15) is 59.4 Å². The average molecular weight is 2110 g/mol. The molecule has 0 unspecified atom stereocenters. The van der Waals surface area contributed by atoms with Crippen LogP contribution >= 0.6 is 0 Å². The summed E-state index contributed by atoms with van der Waals surface area (Å²) in [5, 5.41) is 153. The van der Waals surface area contributed by atoms with Crippen molar-refractivity contribution in [3.63, 3.8) is 0 Å². The van der Waals surface area contributed by atoms with E-state index in [4.69, 9.17) is 70.0 Å². The molecular weight excluding hydrogens is 2010 g/mol. The topological polar surface area (TPSA) is 607 Å². The number of fused-ring (bicyclic) bond motifs is 6. The number of aromatic hydroxyl groups is 5. The zero-order chi connectivity index (χ0) is 97.0. The third-order valence-corrected chi connectivity index (χ3v) is 19.1. The van der Waals surface area contributed by atoms with Gasteiger partial charge >= 0.3 is 107 Å². The Bertz CT molecular complexity index is 6500. The number of hydrogen-bond acceptors (Lipinski definition) is 24. The molecular formula is C93H93ClI2N8Na2O28. The van der Waals surface area contributed by atoms with E-state index in [0.29, 0.717) is 64.2 Å². The van der Waals surface area contributed by atoms with Crippen LogP contribution in [0.4, 0.5) is 0 Å². The standard InChI is InChI=1S/2C13H13NO3.C13H13NO2.C12H12N2O4.C11H9NO3.C9H8N2O2.C8H8O3.2C7H8O2.ClHO4.2HI.2Na/c2*1-3-14-8(2)12(15)11(13(16)17)9-6-4-5-7-10(9)14;1-10-6-8-14(9-7-13(15)16)12-5-3-2-4-11(10)12;1-8-13(9(2)17-15)11-6-4-5-7-12(11)14(8)10(3)18-16;1-6-10(13)9(11(14)15)7-4-2-3-5-8(7)12-6;1-5-10-7-3-2-6(9(12)13)4-8(7)11-5;1-5-2-3-7(9)6(4-5)8(10)11;2*1-5-2-3-6(8)7(9)4-5;2-1(3,4)5;;;;/h2*4-7H,3H2,1-2H3,(H-,15,16,17);2-6,8H,7,9H2,1H3;4-7H,2-3H2,1H3,(H-,15,16);2-5,13H,1H3,(H,14,15);2-4H,1H3,(H,10,11)(H,12,13);2-4,9H,1H3,(H,10,11);2*2-4,8-9H,1H3;(H,2,3,4,5);2*1H;;/q;;;;;;;;;;;;2*+1/p-2. The third-order valence-electron chi connectivity index (χ3n) is 19.1. The molecule has 0 saturated carbocycles. The molecule has 0 fully saturated rings. The summed E-state index contributed by atoms with van der Waals surface area (Å²) >= 11 is 0. The number of benzene rings is 9. The summed E-state index contributed by atoms with van der Waals surface area (Å²) in [7, 11) is -4.94. The fourth-order valence-electron chi connectivity index (χ4n) is 13.0. The first-order valence-electron chi connectivity index (χ1n) is 38.7. The average Bonchev–Trinajstić information content (AvgIpc) is 1.52. The van der Waals surface area contributed by atoms with Crippen molar-refractivity contribution >= 4 is 113 Å². The quantitative estimate of drug-likeness (QED) is 0.00969. The van der Waals surface area contributed by atoms with E-state index in [-0.39, 0.29) is 182 Å². The van der Waals surface area contributed by atoms with Crippen molar-refractivity contribution in [1.82, 2.24) is 19.5 Å². The predicted molar refractivity (Wildman–Crippen MR) is 458 cm³/mol. The zero-order valence-corrected chi connectivity index (χ0v) is 83.6. The molecule has 0 aliphatic carbocycles. The van der Waals surface area contributed by atoms with Crippen molar-refractivity contribution in [3.05, 3.63) is 298 Å². The number of H-pyrrole nitrogens is 1. The molecule has 0 amide bonds. The molecule has 0 radical (unpaired) electrons. The van der Waals surface area contributed by atoms with Crippen LogP contribution in [0.1, 0.15) is 123 Å². The Hall–Kier alpha value is -12.6. The van der Waals surface area contributed by atoms with Gasteiger partial charge in [-0.3, -0.25) is 14.6 Å². The van der Waals surface area contributed by atoms with Crippen molar-refractivity contribution in [3.8, 4) is 46.0 Å². The number of nitrogens with zero attached hydrogens (tertiary/aromatic N) is 7. The SMILES string of the molecule is C=C(OO)n1c(C)[n+](C(=C)OO)c2ccccc21.CC[n+]1c(C)c(O)c(C(=O)O)c2ccccc21.CC[n+]1c(C)c([O-])c(C(=O)O)c2ccccc21.Cc1cc[n+](CCC(=O)O)c2ccccc12.Cc1ccc(O)c(C(=O)O)c1.Cc1ccc(O)c(O)c1.Cc1ccc([O-])c([O-])c1.Cc1nc2ccc(C(=O)O)cc2[nH]1.Cc1nc2ccccc2c(C(=O)O)c1O.[I-].[I-].[Na+].[Na+].[O-][Cl+3]([O-])([O-])[O-]. The first-order valence-corrected chi connectivity index (χ1v) is 39.9. The number of carboxylic acids is 6. The predicted octanol–water partition coefficient (Wildman–Crippen LogP) is -3.21. The number of aromatic amines is 1. The molecule has 6 aromatic heterocycles. The van der Waals surface area contributed by atoms with Gasteiger partial charge in [0.25, 0.3) is 5.82 Å². The minimum absolute atomic E-state index is 0. The Labute approximate surface area is 846 Å². The van der Waals surface area contributed by atoms with Gasteiger partial charge < -0.3 is 124 Å². The normalized spacial score (nSPS) is 10.1. The maximum Gasteiger partial charge on any atom is 1.00 e. The monoisotopic (exact) mass is 2100 g/mol. The number of rotatable bonds is 14. The van der Waals surface area contributed by atoms with E-state index in [0.717, 1.165) is 61.1 Å². The van der Waals surface area contributed by atoms with Crippen LogP contribution in [0.15, 0.2) is 220 Å². The van der Waals surface area contributed by atoms with Crippen LogP contribution in [0.25, 0.3) is 77.4 Å². The molecule has 15 rings (SSSR count). The molecule has 696 valence electrons. The number of carboxylic acid groups (broad SMARTS) is 6. The first kappa shape index (κ1) is 117. The van der Waals surface area contributed by atoms with Crippen LogP contribution < -0.4 is 159 Å².